The maximum absolute atomic E-state index is 13.7. The topological polar surface area (TPSA) is 116 Å². The standard InChI is InChI=1S/C34H46F3N5O5SSi/c1-31(2,3)49(6,7)47-23-24-21-32(4,5)41(22-24)29-26(30(43)40-48(44,45)25-11-9-8-10-12-25)13-14-27(38-29)42-19-15-28(39-42)46-20-18-33(16-17-33)34(35,36)37/h8-15,19,24H,16-18,20-23H2,1-7H3,(H,40,43). The van der Waals surface area contributed by atoms with Crippen LogP contribution in [0.25, 0.3) is 5.82 Å². The van der Waals surface area contributed by atoms with Crippen molar-refractivity contribution in [2.24, 2.45) is 11.3 Å². The summed E-state index contributed by atoms with van der Waals surface area (Å²) in [6.45, 7) is 16.0. The molecule has 2 aromatic heterocycles. The Morgan fingerprint density at radius 3 is 2.35 bits per heavy atom. The minimum Gasteiger partial charge on any atom is -0.477 e. The molecule has 1 atom stereocenters. The largest absolute Gasteiger partial charge is 0.477 e. The number of rotatable bonds is 12. The van der Waals surface area contributed by atoms with Gasteiger partial charge in [0.25, 0.3) is 15.9 Å². The molecule has 2 aliphatic rings. The van der Waals surface area contributed by atoms with Gasteiger partial charge in [0.2, 0.25) is 5.88 Å². The Balaban J connectivity index is 1.42. The van der Waals surface area contributed by atoms with E-state index in [9.17, 15) is 26.4 Å². The highest BCUT2D eigenvalue weighted by atomic mass is 32.2. The van der Waals surface area contributed by atoms with E-state index < -0.39 is 41.4 Å². The van der Waals surface area contributed by atoms with Gasteiger partial charge in [-0.25, -0.2) is 22.8 Å². The number of sulfonamides is 1. The summed E-state index contributed by atoms with van der Waals surface area (Å²) >= 11 is 0. The minimum absolute atomic E-state index is 0.0379. The molecule has 1 amide bonds. The van der Waals surface area contributed by atoms with E-state index in [1.807, 2.05) is 18.7 Å². The number of hydrogen-bond acceptors (Lipinski definition) is 8. The van der Waals surface area contributed by atoms with Gasteiger partial charge in [0.15, 0.2) is 14.1 Å². The van der Waals surface area contributed by atoms with Gasteiger partial charge in [0.05, 0.1) is 22.5 Å². The van der Waals surface area contributed by atoms with E-state index in [0.717, 1.165) is 6.42 Å². The molecule has 0 spiro atoms. The third-order valence-corrected chi connectivity index (χ3v) is 16.0. The van der Waals surface area contributed by atoms with Crippen molar-refractivity contribution in [2.75, 3.05) is 24.7 Å². The number of halogens is 3. The summed E-state index contributed by atoms with van der Waals surface area (Å²) < 4.78 is 82.0. The number of aromatic nitrogens is 3. The lowest BCUT2D eigenvalue weighted by atomic mass is 9.97. The minimum atomic E-state index is -4.26. The number of pyridine rings is 1. The van der Waals surface area contributed by atoms with Gasteiger partial charge in [-0.3, -0.25) is 4.79 Å². The van der Waals surface area contributed by atoms with Gasteiger partial charge in [0.1, 0.15) is 5.82 Å². The number of hydrogen-bond donors (Lipinski definition) is 1. The fraction of sp³-hybridized carbons (Fsp3) is 0.559. The molecular weight excluding hydrogens is 676 g/mol. The third kappa shape index (κ3) is 7.98. The first-order valence-corrected chi connectivity index (χ1v) is 20.8. The summed E-state index contributed by atoms with van der Waals surface area (Å²) in [5.74, 6) is 0.0175. The molecule has 1 unspecified atom stereocenters. The van der Waals surface area contributed by atoms with Crippen LogP contribution in [-0.2, 0) is 14.4 Å². The zero-order valence-corrected chi connectivity index (χ0v) is 30.9. The molecule has 0 bridgehead atoms. The first-order valence-electron chi connectivity index (χ1n) is 16.4. The van der Waals surface area contributed by atoms with Crippen LogP contribution in [0.5, 0.6) is 5.88 Å². The number of carbonyl (C=O) groups excluding carboxylic acids is 1. The fourth-order valence-electron chi connectivity index (χ4n) is 5.89. The third-order valence-electron chi connectivity index (χ3n) is 10.2. The predicted molar refractivity (Wildman–Crippen MR) is 183 cm³/mol. The van der Waals surface area contributed by atoms with E-state index in [1.165, 1.54) is 35.0 Å². The number of carbonyl (C=O) groups is 1. The van der Waals surface area contributed by atoms with Crippen molar-refractivity contribution >= 4 is 30.1 Å². The number of anilines is 1. The first kappa shape index (κ1) is 36.8. The van der Waals surface area contributed by atoms with Crippen LogP contribution in [-0.4, -0.2) is 68.9 Å². The van der Waals surface area contributed by atoms with Crippen LogP contribution in [0.4, 0.5) is 19.0 Å². The molecule has 1 saturated carbocycles. The van der Waals surface area contributed by atoms with Crippen LogP contribution >= 0.6 is 0 Å². The molecule has 2 fully saturated rings. The van der Waals surface area contributed by atoms with Crippen molar-refractivity contribution in [3.8, 4) is 11.7 Å². The second-order valence-electron chi connectivity index (χ2n) is 15.3. The summed E-state index contributed by atoms with van der Waals surface area (Å²) in [5.41, 5.74) is -2.09. The Kier molecular flexibility index (Phi) is 9.80. The second-order valence-corrected chi connectivity index (χ2v) is 21.8. The monoisotopic (exact) mass is 721 g/mol. The summed E-state index contributed by atoms with van der Waals surface area (Å²) in [5, 5.41) is 4.41. The lowest BCUT2D eigenvalue weighted by Gasteiger charge is -2.37. The highest BCUT2D eigenvalue weighted by Gasteiger charge is 2.62. The summed E-state index contributed by atoms with van der Waals surface area (Å²) in [4.78, 5) is 20.5. The Hall–Kier alpha value is -3.43. The first-order chi connectivity index (χ1) is 22.6. The summed E-state index contributed by atoms with van der Waals surface area (Å²) in [6.07, 6.45) is -1.89. The van der Waals surface area contributed by atoms with Crippen LogP contribution in [0.3, 0.4) is 0 Å². The highest BCUT2D eigenvalue weighted by molar-refractivity contribution is 7.90. The highest BCUT2D eigenvalue weighted by Crippen LogP contribution is 2.59. The molecule has 3 heterocycles. The average molecular weight is 722 g/mol. The lowest BCUT2D eigenvalue weighted by Crippen LogP contribution is -2.42. The second kappa shape index (κ2) is 13.0. The normalized spacial score (nSPS) is 19.1. The number of nitrogens with zero attached hydrogens (tertiary/aromatic N) is 4. The number of ether oxygens (including phenoxy) is 1. The molecule has 1 aliphatic carbocycles. The number of nitrogens with one attached hydrogen (secondary N) is 1. The average Bonchev–Trinajstić information content (AvgIpc) is 3.55. The quantitative estimate of drug-likeness (QED) is 0.197. The zero-order chi connectivity index (χ0) is 36.0. The van der Waals surface area contributed by atoms with Gasteiger partial charge in [-0.2, -0.15) is 13.2 Å². The van der Waals surface area contributed by atoms with Crippen LogP contribution in [0.15, 0.2) is 59.6 Å². The predicted octanol–water partition coefficient (Wildman–Crippen LogP) is 7.12. The van der Waals surface area contributed by atoms with Gasteiger partial charge in [-0.1, -0.05) is 39.0 Å². The number of alkyl halides is 3. The van der Waals surface area contributed by atoms with Gasteiger partial charge in [0, 0.05) is 36.9 Å². The van der Waals surface area contributed by atoms with E-state index in [-0.39, 0.29) is 59.0 Å². The molecule has 1 aromatic carbocycles. The van der Waals surface area contributed by atoms with Crippen molar-refractivity contribution in [1.29, 1.82) is 0 Å². The van der Waals surface area contributed by atoms with Crippen LogP contribution < -0.4 is 14.4 Å². The Morgan fingerprint density at radius 2 is 1.73 bits per heavy atom. The van der Waals surface area contributed by atoms with Gasteiger partial charge in [-0.05, 0) is 81.9 Å². The van der Waals surface area contributed by atoms with E-state index in [0.29, 0.717) is 19.0 Å². The maximum atomic E-state index is 13.7. The molecular formula is C34H46F3N5O5SSi. The lowest BCUT2D eigenvalue weighted by molar-refractivity contribution is -0.190. The zero-order valence-electron chi connectivity index (χ0n) is 29.1. The smallest absolute Gasteiger partial charge is 0.394 e. The molecule has 1 N–H and O–H groups in total. The van der Waals surface area contributed by atoms with Crippen molar-refractivity contribution in [3.05, 3.63) is 60.3 Å². The molecule has 1 aliphatic heterocycles. The maximum Gasteiger partial charge on any atom is 0.394 e. The summed E-state index contributed by atoms with van der Waals surface area (Å²) in [6, 6.07) is 12.2. The molecule has 5 rings (SSSR count). The SMILES string of the molecule is CC1(C)CC(CO[Si](C)(C)C(C)(C)C)CN1c1nc(-n2ccc(OCCC3(C(F)(F)F)CC3)n2)ccc1C(=O)NS(=O)(=O)c1ccccc1. The van der Waals surface area contributed by atoms with E-state index >= 15 is 0 Å². The molecule has 15 heteroatoms. The van der Waals surface area contributed by atoms with Crippen molar-refractivity contribution in [3.63, 3.8) is 0 Å². The van der Waals surface area contributed by atoms with Gasteiger partial charge in [-0.15, -0.1) is 5.10 Å². The van der Waals surface area contributed by atoms with E-state index in [1.54, 1.807) is 24.4 Å². The van der Waals surface area contributed by atoms with Gasteiger partial charge >= 0.3 is 6.18 Å². The molecule has 1 saturated heterocycles. The Labute approximate surface area is 287 Å². The molecule has 3 aromatic rings. The van der Waals surface area contributed by atoms with Crippen LogP contribution in [0, 0.1) is 11.3 Å². The fourth-order valence-corrected chi connectivity index (χ4v) is 7.96. The van der Waals surface area contributed by atoms with Gasteiger partial charge < -0.3 is 14.1 Å². The summed E-state index contributed by atoms with van der Waals surface area (Å²) in [7, 11) is -6.20. The Morgan fingerprint density at radius 1 is 1.06 bits per heavy atom. The van der Waals surface area contributed by atoms with E-state index in [4.69, 9.17) is 14.1 Å². The molecule has 0 radical (unpaired) electrons. The molecule has 10 nitrogen and oxygen atoms in total. The Bertz CT molecular complexity index is 1770. The van der Waals surface area contributed by atoms with Crippen LogP contribution in [0.2, 0.25) is 18.1 Å². The molecule has 49 heavy (non-hydrogen) atoms. The van der Waals surface area contributed by atoms with Crippen molar-refractivity contribution in [1.82, 2.24) is 19.5 Å². The molecule has 268 valence electrons. The van der Waals surface area contributed by atoms with Crippen molar-refractivity contribution < 1.29 is 35.5 Å². The van der Waals surface area contributed by atoms with E-state index in [2.05, 4.69) is 43.7 Å². The van der Waals surface area contributed by atoms with Crippen LogP contribution in [0.1, 0.15) is 70.7 Å². The van der Waals surface area contributed by atoms with Crippen molar-refractivity contribution in [2.45, 2.75) is 95.0 Å². The number of amides is 1. The number of benzene rings is 1.